The van der Waals surface area contributed by atoms with E-state index in [0.717, 1.165) is 4.88 Å². The Labute approximate surface area is 159 Å². The van der Waals surface area contributed by atoms with E-state index in [1.807, 2.05) is 17.5 Å². The number of hydrogen-bond acceptors (Lipinski definition) is 9. The van der Waals surface area contributed by atoms with Crippen molar-refractivity contribution < 1.29 is 22.5 Å². The minimum atomic E-state index is -2.87. The normalized spacial score (nSPS) is 11.2. The van der Waals surface area contributed by atoms with Gasteiger partial charge in [0, 0.05) is 5.56 Å². The molecule has 0 radical (unpaired) electrons. The summed E-state index contributed by atoms with van der Waals surface area (Å²) in [7, 11) is 0. The smallest absolute Gasteiger partial charge is 0.387 e. The summed E-state index contributed by atoms with van der Waals surface area (Å²) in [6.45, 7) is -2.87. The topological polar surface area (TPSA) is 87.1 Å². The van der Waals surface area contributed by atoms with Gasteiger partial charge in [-0.1, -0.05) is 23.0 Å². The molecule has 0 bridgehead atoms. The first kappa shape index (κ1) is 17.6. The van der Waals surface area contributed by atoms with E-state index in [-0.39, 0.29) is 11.6 Å². The van der Waals surface area contributed by atoms with E-state index in [2.05, 4.69) is 25.1 Å². The van der Waals surface area contributed by atoms with Crippen LogP contribution >= 0.6 is 23.1 Å². The summed E-state index contributed by atoms with van der Waals surface area (Å²) in [5.74, 6) is 1.68. The highest BCUT2D eigenvalue weighted by Gasteiger charge is 2.14. The lowest BCUT2D eigenvalue weighted by atomic mass is 10.2. The van der Waals surface area contributed by atoms with Crippen molar-refractivity contribution in [2.75, 3.05) is 0 Å². The molecule has 27 heavy (non-hydrogen) atoms. The van der Waals surface area contributed by atoms with Gasteiger partial charge in [0.2, 0.25) is 17.6 Å². The molecule has 0 unspecified atom stereocenters. The Hall–Kier alpha value is -2.79. The molecule has 0 spiro atoms. The molecule has 0 aliphatic rings. The molecule has 3 aromatic heterocycles. The van der Waals surface area contributed by atoms with Crippen molar-refractivity contribution in [3.8, 4) is 27.9 Å². The van der Waals surface area contributed by atoms with Crippen LogP contribution in [0.1, 0.15) is 5.89 Å². The van der Waals surface area contributed by atoms with Gasteiger partial charge in [-0.05, 0) is 35.7 Å². The first-order valence-electron chi connectivity index (χ1n) is 7.55. The van der Waals surface area contributed by atoms with Crippen LogP contribution in [0.3, 0.4) is 0 Å². The first-order valence-corrected chi connectivity index (χ1v) is 9.42. The molecule has 4 rings (SSSR count). The summed E-state index contributed by atoms with van der Waals surface area (Å²) in [6.07, 6.45) is 0. The number of halogens is 2. The number of nitrogens with zero attached hydrogens (tertiary/aromatic N) is 4. The van der Waals surface area contributed by atoms with Gasteiger partial charge in [-0.3, -0.25) is 0 Å². The number of ether oxygens (including phenoxy) is 1. The van der Waals surface area contributed by atoms with Crippen molar-refractivity contribution in [2.45, 2.75) is 17.6 Å². The predicted molar refractivity (Wildman–Crippen MR) is 93.5 cm³/mol. The highest BCUT2D eigenvalue weighted by atomic mass is 32.2. The van der Waals surface area contributed by atoms with Crippen molar-refractivity contribution in [1.82, 2.24) is 20.3 Å². The molecular weight excluding hydrogens is 398 g/mol. The third kappa shape index (κ3) is 4.31. The van der Waals surface area contributed by atoms with Gasteiger partial charge in [0.05, 0.1) is 10.6 Å². The molecule has 1 aromatic carbocycles. The van der Waals surface area contributed by atoms with Gasteiger partial charge >= 0.3 is 6.61 Å². The van der Waals surface area contributed by atoms with Crippen molar-refractivity contribution in [3.05, 3.63) is 47.7 Å². The van der Waals surface area contributed by atoms with E-state index >= 15 is 0 Å². The summed E-state index contributed by atoms with van der Waals surface area (Å²) in [5, 5.41) is 14.1. The zero-order valence-electron chi connectivity index (χ0n) is 13.4. The number of aromatic nitrogens is 4. The second-order valence-electron chi connectivity index (χ2n) is 5.05. The van der Waals surface area contributed by atoms with Gasteiger partial charge < -0.3 is 13.7 Å². The maximum absolute atomic E-state index is 12.2. The summed E-state index contributed by atoms with van der Waals surface area (Å²) in [4.78, 5) is 5.24. The molecule has 0 aliphatic heterocycles. The minimum absolute atomic E-state index is 0.0563. The van der Waals surface area contributed by atoms with Crippen molar-refractivity contribution in [1.29, 1.82) is 0 Å². The molecule has 7 nitrogen and oxygen atoms in total. The standard InChI is InChI=1S/C16H10F2N4O3S2/c17-15(18)23-10-5-3-9(4-6-10)14-20-21-16(24-14)27-8-12-19-13(22-25-12)11-2-1-7-26-11/h1-7,15H,8H2. The summed E-state index contributed by atoms with van der Waals surface area (Å²) >= 11 is 2.78. The molecule has 138 valence electrons. The lowest BCUT2D eigenvalue weighted by Gasteiger charge is -2.03. The summed E-state index contributed by atoms with van der Waals surface area (Å²) < 4.78 is 39.4. The molecule has 0 aliphatic carbocycles. The molecule has 3 heterocycles. The van der Waals surface area contributed by atoms with Gasteiger partial charge in [0.15, 0.2) is 0 Å². The molecule has 4 aromatic rings. The molecule has 0 fully saturated rings. The largest absolute Gasteiger partial charge is 0.435 e. The number of rotatable bonds is 7. The quantitative estimate of drug-likeness (QED) is 0.405. The Morgan fingerprint density at radius 2 is 2.00 bits per heavy atom. The van der Waals surface area contributed by atoms with Crippen molar-refractivity contribution in [2.24, 2.45) is 0 Å². The van der Waals surface area contributed by atoms with Crippen LogP contribution in [-0.2, 0) is 5.75 Å². The molecule has 0 amide bonds. The number of hydrogen-bond donors (Lipinski definition) is 0. The fourth-order valence-corrected chi connectivity index (χ4v) is 3.36. The van der Waals surface area contributed by atoms with Gasteiger partial charge in [0.1, 0.15) is 5.75 Å². The van der Waals surface area contributed by atoms with Gasteiger partial charge in [0.25, 0.3) is 5.22 Å². The summed E-state index contributed by atoms with van der Waals surface area (Å²) in [5.41, 5.74) is 0.591. The van der Waals surface area contributed by atoms with E-state index in [0.29, 0.717) is 28.3 Å². The van der Waals surface area contributed by atoms with Crippen LogP contribution in [0.25, 0.3) is 22.2 Å². The third-order valence-electron chi connectivity index (χ3n) is 3.26. The maximum atomic E-state index is 12.2. The Morgan fingerprint density at radius 3 is 2.74 bits per heavy atom. The van der Waals surface area contributed by atoms with Crippen molar-refractivity contribution >= 4 is 23.1 Å². The van der Waals surface area contributed by atoms with Crippen LogP contribution in [0.2, 0.25) is 0 Å². The van der Waals surface area contributed by atoms with E-state index < -0.39 is 6.61 Å². The second-order valence-corrected chi connectivity index (χ2v) is 6.93. The van der Waals surface area contributed by atoms with Crippen LogP contribution in [0.15, 0.2) is 55.9 Å². The lowest BCUT2D eigenvalue weighted by molar-refractivity contribution is -0.0498. The zero-order valence-corrected chi connectivity index (χ0v) is 15.0. The van der Waals surface area contributed by atoms with E-state index in [9.17, 15) is 8.78 Å². The summed E-state index contributed by atoms with van der Waals surface area (Å²) in [6, 6.07) is 9.76. The van der Waals surface area contributed by atoms with Gasteiger partial charge in [-0.15, -0.1) is 21.5 Å². The lowest BCUT2D eigenvalue weighted by Crippen LogP contribution is -2.01. The highest BCUT2D eigenvalue weighted by Crippen LogP contribution is 2.28. The predicted octanol–water partition coefficient (Wildman–Crippen LogP) is 4.74. The van der Waals surface area contributed by atoms with Gasteiger partial charge in [-0.25, -0.2) is 0 Å². The minimum Gasteiger partial charge on any atom is -0.435 e. The Bertz CT molecular complexity index is 1000. The Kier molecular flexibility index (Phi) is 5.12. The van der Waals surface area contributed by atoms with Gasteiger partial charge in [-0.2, -0.15) is 13.8 Å². The van der Waals surface area contributed by atoms with Crippen LogP contribution in [0.4, 0.5) is 8.78 Å². The molecule has 0 saturated carbocycles. The van der Waals surface area contributed by atoms with Crippen molar-refractivity contribution in [3.63, 3.8) is 0 Å². The number of alkyl halides is 2. The maximum Gasteiger partial charge on any atom is 0.387 e. The van der Waals surface area contributed by atoms with E-state index in [4.69, 9.17) is 8.94 Å². The number of thioether (sulfide) groups is 1. The van der Waals surface area contributed by atoms with E-state index in [1.54, 1.807) is 12.1 Å². The molecule has 11 heteroatoms. The number of thiophene rings is 1. The van der Waals surface area contributed by atoms with Crippen LogP contribution in [0, 0.1) is 0 Å². The zero-order chi connectivity index (χ0) is 18.6. The second kappa shape index (κ2) is 7.84. The number of benzene rings is 1. The Morgan fingerprint density at radius 1 is 1.15 bits per heavy atom. The van der Waals surface area contributed by atoms with Crippen LogP contribution < -0.4 is 4.74 Å². The molecule has 0 N–H and O–H groups in total. The monoisotopic (exact) mass is 408 g/mol. The third-order valence-corrected chi connectivity index (χ3v) is 4.93. The van der Waals surface area contributed by atoms with E-state index in [1.165, 1.54) is 35.2 Å². The molecule has 0 saturated heterocycles. The van der Waals surface area contributed by atoms with Crippen LogP contribution in [0.5, 0.6) is 5.75 Å². The SMILES string of the molecule is FC(F)Oc1ccc(-c2nnc(SCc3nc(-c4cccs4)no3)o2)cc1. The van der Waals surface area contributed by atoms with Crippen LogP contribution in [-0.4, -0.2) is 26.9 Å². The molecule has 0 atom stereocenters. The molecular formula is C16H10F2N4O3S2. The average molecular weight is 408 g/mol. The fourth-order valence-electron chi connectivity index (χ4n) is 2.11. The fraction of sp³-hybridized carbons (Fsp3) is 0.125. The first-order chi connectivity index (χ1) is 13.2. The highest BCUT2D eigenvalue weighted by molar-refractivity contribution is 7.98. The Balaban J connectivity index is 1.38. The average Bonchev–Trinajstić information content (AvgIpc) is 3.40.